The molecule has 5 atom stereocenters. The number of rotatable bonds is 19. The van der Waals surface area contributed by atoms with E-state index in [0.29, 0.717) is 49.9 Å². The molecular formula is C40H84O6SSi3. The van der Waals surface area contributed by atoms with Crippen molar-refractivity contribution in [1.29, 1.82) is 0 Å². The van der Waals surface area contributed by atoms with Gasteiger partial charge in [0.05, 0.1) is 5.41 Å². The first-order valence-corrected chi connectivity index (χ1v) is 27.7. The molecule has 0 aliphatic carbocycles. The van der Waals surface area contributed by atoms with E-state index in [1.54, 1.807) is 11.8 Å². The highest BCUT2D eigenvalue weighted by Crippen LogP contribution is 2.51. The Balaban J connectivity index is 4.38. The van der Waals surface area contributed by atoms with Gasteiger partial charge in [-0.1, -0.05) is 132 Å². The Bertz CT molecular complexity index is 958. The van der Waals surface area contributed by atoms with Crippen LogP contribution in [-0.2, 0) is 27.5 Å². The van der Waals surface area contributed by atoms with Gasteiger partial charge in [0.15, 0.2) is 0 Å². The van der Waals surface area contributed by atoms with Crippen molar-refractivity contribution in [1.82, 2.24) is 0 Å². The second-order valence-electron chi connectivity index (χ2n) is 19.0. The van der Waals surface area contributed by atoms with Crippen molar-refractivity contribution in [3.8, 4) is 0 Å². The summed E-state index contributed by atoms with van der Waals surface area (Å²) < 4.78 is 37.2. The molecule has 0 radical (unpaired) electrons. The lowest BCUT2D eigenvalue weighted by Gasteiger charge is -2.57. The van der Waals surface area contributed by atoms with Gasteiger partial charge in [0.2, 0.25) is 25.0 Å². The zero-order valence-corrected chi connectivity index (χ0v) is 40.7. The van der Waals surface area contributed by atoms with Gasteiger partial charge < -0.3 is 22.8 Å². The molecule has 50 heavy (non-hydrogen) atoms. The molecule has 10 heteroatoms. The Kier molecular flexibility index (Phi) is 18.6. The van der Waals surface area contributed by atoms with Gasteiger partial charge in [-0.2, -0.15) is 0 Å². The van der Waals surface area contributed by atoms with E-state index in [-0.39, 0.29) is 30.2 Å². The van der Waals surface area contributed by atoms with Crippen LogP contribution in [0.1, 0.15) is 152 Å². The third kappa shape index (κ3) is 10.1. The summed E-state index contributed by atoms with van der Waals surface area (Å²) in [7, 11) is -7.36. The van der Waals surface area contributed by atoms with Crippen LogP contribution in [0, 0.1) is 5.41 Å². The van der Waals surface area contributed by atoms with Crippen molar-refractivity contribution in [2.75, 3.05) is 12.4 Å². The molecule has 0 aromatic heterocycles. The van der Waals surface area contributed by atoms with Gasteiger partial charge in [-0.25, -0.2) is 0 Å². The fourth-order valence-electron chi connectivity index (χ4n) is 10.0. The molecule has 1 rings (SSSR count). The smallest absolute Gasteiger partial charge is 0.311 e. The number of hydrogen-bond acceptors (Lipinski definition) is 7. The summed E-state index contributed by atoms with van der Waals surface area (Å²) in [6.45, 7) is 50.5. The molecule has 1 saturated heterocycles. The molecule has 1 heterocycles. The number of esters is 1. The number of thioether (sulfide) groups is 1. The number of ether oxygens (including phenoxy) is 2. The fourth-order valence-corrected chi connectivity index (χ4v) is 27.7. The minimum Gasteiger partial charge on any atom is -0.462 e. The maximum atomic E-state index is 13.3. The van der Waals surface area contributed by atoms with E-state index in [4.69, 9.17) is 22.8 Å². The fraction of sp³-hybridized carbons (Fsp3) is 0.975. The molecule has 0 spiro atoms. The molecule has 1 fully saturated rings. The number of carbonyl (C=O) groups is 1. The normalized spacial score (nSPS) is 23.3. The molecule has 0 aromatic rings. The van der Waals surface area contributed by atoms with Gasteiger partial charge in [0.25, 0.3) is 0 Å². The Morgan fingerprint density at radius 3 is 1.14 bits per heavy atom. The van der Waals surface area contributed by atoms with E-state index in [0.717, 1.165) is 5.75 Å². The van der Waals surface area contributed by atoms with Crippen LogP contribution in [0.2, 0.25) is 49.9 Å². The highest BCUT2D eigenvalue weighted by Gasteiger charge is 2.60. The van der Waals surface area contributed by atoms with E-state index < -0.39 is 42.6 Å². The molecule has 5 unspecified atom stereocenters. The molecule has 0 bridgehead atoms. The summed E-state index contributed by atoms with van der Waals surface area (Å²) in [5.74, 6) is 0.650. The average molecular weight is 777 g/mol. The molecule has 0 N–H and O–H groups in total. The van der Waals surface area contributed by atoms with E-state index >= 15 is 0 Å². The lowest BCUT2D eigenvalue weighted by atomic mass is 9.97. The maximum absolute atomic E-state index is 13.3. The van der Waals surface area contributed by atoms with Crippen LogP contribution in [0.3, 0.4) is 0 Å². The highest BCUT2D eigenvalue weighted by atomic mass is 32.2. The van der Waals surface area contributed by atoms with Crippen LogP contribution < -0.4 is 0 Å². The minimum absolute atomic E-state index is 0.133. The zero-order chi connectivity index (χ0) is 39.3. The van der Waals surface area contributed by atoms with Crippen LogP contribution in [-0.4, -0.2) is 73.1 Å². The number of hydrogen-bond donors (Lipinski definition) is 0. The van der Waals surface area contributed by atoms with Crippen molar-refractivity contribution in [3.63, 3.8) is 0 Å². The van der Waals surface area contributed by atoms with Crippen LogP contribution >= 0.6 is 11.8 Å². The van der Waals surface area contributed by atoms with Crippen LogP contribution in [0.25, 0.3) is 0 Å². The van der Waals surface area contributed by atoms with E-state index in [1.165, 1.54) is 0 Å². The van der Waals surface area contributed by atoms with Crippen molar-refractivity contribution in [3.05, 3.63) is 0 Å². The average Bonchev–Trinajstić information content (AvgIpc) is 2.95. The van der Waals surface area contributed by atoms with Crippen molar-refractivity contribution in [2.24, 2.45) is 5.41 Å². The SMILES string of the molecule is CCSC1OC(COC(=O)C(C)(C)C)C(O[Si](C(C)C)(C(C)C)C(C)C)C(O[Si](C(C)C)(C(C)C)C(C)C)C1O[Si](C(C)C)(C(C)C)C(C)C. The second-order valence-corrected chi connectivity index (χ2v) is 36.6. The monoisotopic (exact) mass is 777 g/mol. The maximum Gasteiger partial charge on any atom is 0.311 e. The van der Waals surface area contributed by atoms with Crippen LogP contribution in [0.15, 0.2) is 0 Å². The van der Waals surface area contributed by atoms with Gasteiger partial charge in [0.1, 0.15) is 36.5 Å². The molecule has 1 aliphatic rings. The predicted molar refractivity (Wildman–Crippen MR) is 225 cm³/mol. The molecule has 0 saturated carbocycles. The molecule has 0 aromatic carbocycles. The molecule has 298 valence electrons. The summed E-state index contributed by atoms with van der Waals surface area (Å²) in [6.07, 6.45) is -1.61. The van der Waals surface area contributed by atoms with Crippen LogP contribution in [0.4, 0.5) is 0 Å². The van der Waals surface area contributed by atoms with Gasteiger partial charge in [-0.3, -0.25) is 4.79 Å². The molecule has 0 amide bonds. The lowest BCUT2D eigenvalue weighted by molar-refractivity contribution is -0.202. The number of carbonyl (C=O) groups excluding carboxylic acids is 1. The van der Waals surface area contributed by atoms with Gasteiger partial charge >= 0.3 is 5.97 Å². The largest absolute Gasteiger partial charge is 0.462 e. The van der Waals surface area contributed by atoms with Gasteiger partial charge in [0, 0.05) is 0 Å². The van der Waals surface area contributed by atoms with Crippen molar-refractivity contribution < 1.29 is 27.5 Å². The van der Waals surface area contributed by atoms with E-state index in [2.05, 4.69) is 132 Å². The zero-order valence-electron chi connectivity index (χ0n) is 36.9. The predicted octanol–water partition coefficient (Wildman–Crippen LogP) is 12.7. The first kappa shape index (κ1) is 48.3. The highest BCUT2D eigenvalue weighted by molar-refractivity contribution is 7.99. The molecule has 6 nitrogen and oxygen atoms in total. The van der Waals surface area contributed by atoms with Crippen molar-refractivity contribution in [2.45, 2.75) is 232 Å². The minimum atomic E-state index is -2.48. The second kappa shape index (κ2) is 19.3. The Morgan fingerprint density at radius 2 is 0.860 bits per heavy atom. The summed E-state index contributed by atoms with van der Waals surface area (Å²) >= 11 is 1.80. The first-order valence-electron chi connectivity index (χ1n) is 20.2. The third-order valence-corrected chi connectivity index (χ3v) is 31.4. The Labute approximate surface area is 318 Å². The summed E-state index contributed by atoms with van der Waals surface area (Å²) in [6, 6.07) is 0. The topological polar surface area (TPSA) is 63.2 Å². The summed E-state index contributed by atoms with van der Waals surface area (Å²) in [5.41, 5.74) is 2.53. The van der Waals surface area contributed by atoms with Crippen molar-refractivity contribution >= 4 is 42.7 Å². The van der Waals surface area contributed by atoms with Gasteiger partial charge in [-0.15, -0.1) is 11.8 Å². The molecule has 1 aliphatic heterocycles. The Morgan fingerprint density at radius 1 is 0.560 bits per heavy atom. The standard InChI is InChI=1S/C40H84O6SSi3/c1-23-47-38-37(46-50(31(14)15,32(16)17)33(18)19)36(45-49(28(8)9,29(10)11)30(12)13)35(34(43-38)24-42-39(41)40(20,21)22)44-48(25(2)3,26(4)5)27(6)7/h25-38H,23-24H2,1-22H3. The third-order valence-electron chi connectivity index (χ3n) is 12.1. The quantitative estimate of drug-likeness (QED) is 0.0956. The summed E-state index contributed by atoms with van der Waals surface area (Å²) in [5, 5.41) is 0. The molecular weight excluding hydrogens is 693 g/mol. The lowest BCUT2D eigenvalue weighted by Crippen LogP contribution is -2.69. The first-order chi connectivity index (χ1) is 22.7. The van der Waals surface area contributed by atoms with Crippen LogP contribution in [0.5, 0.6) is 0 Å². The van der Waals surface area contributed by atoms with E-state index in [1.807, 2.05) is 20.8 Å². The Hall–Kier alpha value is 0.311. The summed E-state index contributed by atoms with van der Waals surface area (Å²) in [4.78, 5) is 13.3. The van der Waals surface area contributed by atoms with Gasteiger partial charge in [-0.05, 0) is 76.4 Å². The van der Waals surface area contributed by atoms with E-state index in [9.17, 15) is 4.79 Å².